The number of nitrogens with zero attached hydrogens (tertiary/aromatic N) is 3. The number of rotatable bonds is 7. The van der Waals surface area contributed by atoms with Crippen molar-refractivity contribution in [2.45, 2.75) is 27.1 Å². The van der Waals surface area contributed by atoms with Gasteiger partial charge >= 0.3 is 5.82 Å². The summed E-state index contributed by atoms with van der Waals surface area (Å²) >= 11 is -1.55. The molecule has 2 aromatic rings. The lowest BCUT2D eigenvalue weighted by atomic mass is 10.4. The van der Waals surface area contributed by atoms with E-state index in [1.165, 1.54) is 21.4 Å². The summed E-state index contributed by atoms with van der Waals surface area (Å²) in [7, 11) is 3.25. The van der Waals surface area contributed by atoms with Crippen molar-refractivity contribution >= 4 is 17.0 Å². The quantitative estimate of drug-likeness (QED) is 0.679. The number of carbonyl (C=O) groups excluding carboxylic acids is 1. The molecular weight excluding hydrogens is 326 g/mol. The number of aromatic nitrogens is 2. The van der Waals surface area contributed by atoms with Crippen LogP contribution >= 0.6 is 0 Å². The molecule has 23 heavy (non-hydrogen) atoms. The van der Waals surface area contributed by atoms with Gasteiger partial charge in [0.25, 0.3) is 0 Å². The molecular formula is C13H17N3O6S. The minimum absolute atomic E-state index is 0.0244. The Kier molecular flexibility index (Phi) is 5.29. The van der Waals surface area contributed by atoms with Crippen molar-refractivity contribution in [3.05, 3.63) is 39.9 Å². The predicted molar refractivity (Wildman–Crippen MR) is 79.9 cm³/mol. The summed E-state index contributed by atoms with van der Waals surface area (Å²) in [6.45, 7) is 3.02. The lowest BCUT2D eigenvalue weighted by Crippen LogP contribution is -2.24. The highest BCUT2D eigenvalue weighted by molar-refractivity contribution is 7.81. The molecule has 0 amide bonds. The summed E-state index contributed by atoms with van der Waals surface area (Å²) in [4.78, 5) is 26.7. The monoisotopic (exact) mass is 343 g/mol. The average Bonchev–Trinajstić information content (AvgIpc) is 3.02. The van der Waals surface area contributed by atoms with E-state index in [2.05, 4.69) is 4.98 Å². The van der Waals surface area contributed by atoms with E-state index in [1.54, 1.807) is 21.0 Å². The highest BCUT2D eigenvalue weighted by Crippen LogP contribution is 2.11. The molecule has 2 rings (SSSR count). The van der Waals surface area contributed by atoms with Crippen molar-refractivity contribution in [1.29, 1.82) is 0 Å². The van der Waals surface area contributed by atoms with Gasteiger partial charge in [-0.3, -0.25) is 4.79 Å². The zero-order valence-electron chi connectivity index (χ0n) is 13.2. The molecule has 0 aliphatic carbocycles. The van der Waals surface area contributed by atoms with Crippen LogP contribution in [-0.4, -0.2) is 37.3 Å². The smallest absolute Gasteiger partial charge is 0.396 e. The number of ether oxygens (including phenoxy) is 1. The molecule has 1 atom stereocenters. The Morgan fingerprint density at radius 1 is 1.39 bits per heavy atom. The molecule has 1 unspecified atom stereocenters. The number of carbonyl (C=O) groups is 1. The fraction of sp³-hybridized carbons (Fsp3) is 0.462. The Balaban J connectivity index is 2.10. The van der Waals surface area contributed by atoms with Crippen molar-refractivity contribution < 1.29 is 22.6 Å². The molecule has 0 saturated carbocycles. The largest absolute Gasteiger partial charge is 0.519 e. The summed E-state index contributed by atoms with van der Waals surface area (Å²) in [5.41, 5.74) is 0.439. The maximum Gasteiger partial charge on any atom is 0.519 e. The average molecular weight is 343 g/mol. The number of imidazole rings is 1. The molecule has 2 aromatic heterocycles. The van der Waals surface area contributed by atoms with E-state index in [0.717, 1.165) is 0 Å². The third kappa shape index (κ3) is 4.03. The number of Topliss-reactive ketones (excluding diaryl/α,β-unsaturated/α-hetero) is 1. The number of ketones is 1. The molecule has 126 valence electrons. The Hall–Kier alpha value is -2.04. The first-order chi connectivity index (χ1) is 10.8. The van der Waals surface area contributed by atoms with Crippen LogP contribution in [0.25, 0.3) is 0 Å². The van der Waals surface area contributed by atoms with Gasteiger partial charge < -0.3 is 13.6 Å². The molecule has 0 radical (unpaired) electrons. The van der Waals surface area contributed by atoms with Gasteiger partial charge in [0.05, 0.1) is 12.3 Å². The summed E-state index contributed by atoms with van der Waals surface area (Å²) in [5, 5.41) is 0. The van der Waals surface area contributed by atoms with Gasteiger partial charge in [0.2, 0.25) is 11.2 Å². The van der Waals surface area contributed by atoms with Crippen LogP contribution in [0, 0.1) is 6.92 Å². The van der Waals surface area contributed by atoms with E-state index in [0.29, 0.717) is 11.5 Å². The standard InChI is InChI=1S/C13H17N3O6S/c1-8(17)12-14-10(5-16(12)23(19)15(3)4)6-20-7-11-9(2)21-13(18)22-11/h5H,6-7H2,1-4H3. The van der Waals surface area contributed by atoms with E-state index in [4.69, 9.17) is 13.6 Å². The molecule has 0 fully saturated rings. The number of aryl methyl sites for hydroxylation is 1. The Bertz CT molecular complexity index is 788. The van der Waals surface area contributed by atoms with Gasteiger partial charge in [-0.15, -0.1) is 0 Å². The maximum absolute atomic E-state index is 12.1. The zero-order chi connectivity index (χ0) is 17.1. The molecule has 0 saturated heterocycles. The van der Waals surface area contributed by atoms with Gasteiger partial charge in [-0.1, -0.05) is 0 Å². The first kappa shape index (κ1) is 17.3. The van der Waals surface area contributed by atoms with Crippen molar-refractivity contribution in [2.75, 3.05) is 14.1 Å². The molecule has 0 N–H and O–H groups in total. The van der Waals surface area contributed by atoms with Gasteiger partial charge in [-0.05, 0) is 6.92 Å². The summed E-state index contributed by atoms with van der Waals surface area (Å²) in [6.07, 6.45) is 1.49. The van der Waals surface area contributed by atoms with Crippen molar-refractivity contribution in [3.63, 3.8) is 0 Å². The first-order valence-corrected chi connectivity index (χ1v) is 7.72. The lowest BCUT2D eigenvalue weighted by Gasteiger charge is -2.10. The van der Waals surface area contributed by atoms with Crippen LogP contribution < -0.4 is 5.82 Å². The zero-order valence-corrected chi connectivity index (χ0v) is 14.0. The number of hydrogen-bond acceptors (Lipinski definition) is 7. The summed E-state index contributed by atoms with van der Waals surface area (Å²) in [6, 6.07) is 0. The number of hydrogen-bond donors (Lipinski definition) is 0. The van der Waals surface area contributed by atoms with E-state index in [-0.39, 0.29) is 30.6 Å². The van der Waals surface area contributed by atoms with Crippen molar-refractivity contribution in [2.24, 2.45) is 0 Å². The SMILES string of the molecule is CC(=O)c1nc(COCc2oc(=O)oc2C)cn1S(=O)N(C)C. The van der Waals surface area contributed by atoms with Crippen LogP contribution in [0.1, 0.15) is 34.8 Å². The van der Waals surface area contributed by atoms with Crippen LogP contribution in [0.15, 0.2) is 19.8 Å². The Morgan fingerprint density at radius 3 is 2.61 bits per heavy atom. The summed E-state index contributed by atoms with van der Waals surface area (Å²) < 4.78 is 29.8. The maximum atomic E-state index is 12.1. The minimum Gasteiger partial charge on any atom is -0.396 e. The van der Waals surface area contributed by atoms with E-state index in [9.17, 15) is 13.8 Å². The molecule has 0 bridgehead atoms. The Morgan fingerprint density at radius 2 is 2.09 bits per heavy atom. The Labute approximate surface area is 134 Å². The molecule has 9 nitrogen and oxygen atoms in total. The van der Waals surface area contributed by atoms with Gasteiger partial charge in [0.15, 0.2) is 17.4 Å². The second kappa shape index (κ2) is 7.02. The second-order valence-electron chi connectivity index (χ2n) is 4.91. The second-order valence-corrected chi connectivity index (χ2v) is 6.49. The minimum atomic E-state index is -1.55. The molecule has 0 aromatic carbocycles. The van der Waals surface area contributed by atoms with Crippen molar-refractivity contribution in [1.82, 2.24) is 13.3 Å². The van der Waals surface area contributed by atoms with E-state index in [1.807, 2.05) is 0 Å². The van der Waals surface area contributed by atoms with Crippen molar-refractivity contribution in [3.8, 4) is 0 Å². The lowest BCUT2D eigenvalue weighted by molar-refractivity contribution is 0.0891. The third-order valence-corrected chi connectivity index (χ3v) is 4.08. The van der Waals surface area contributed by atoms with Crippen LogP contribution in [0.3, 0.4) is 0 Å². The third-order valence-electron chi connectivity index (χ3n) is 2.84. The van der Waals surface area contributed by atoms with E-state index < -0.39 is 17.0 Å². The van der Waals surface area contributed by atoms with Gasteiger partial charge in [-0.25, -0.2) is 22.3 Å². The van der Waals surface area contributed by atoms with E-state index >= 15 is 0 Å². The fourth-order valence-corrected chi connectivity index (χ4v) is 2.64. The highest BCUT2D eigenvalue weighted by Gasteiger charge is 2.18. The van der Waals surface area contributed by atoms with Crippen LogP contribution in [0.4, 0.5) is 0 Å². The fourth-order valence-electron chi connectivity index (χ4n) is 1.76. The van der Waals surface area contributed by atoms with Crippen LogP contribution in [-0.2, 0) is 29.1 Å². The van der Waals surface area contributed by atoms with Crippen LogP contribution in [0.5, 0.6) is 0 Å². The van der Waals surface area contributed by atoms with Gasteiger partial charge in [0.1, 0.15) is 12.4 Å². The highest BCUT2D eigenvalue weighted by atomic mass is 32.2. The molecule has 0 aliphatic rings. The normalized spacial score (nSPS) is 12.7. The topological polar surface area (TPSA) is 108 Å². The summed E-state index contributed by atoms with van der Waals surface area (Å²) in [5.74, 6) is -0.368. The molecule has 2 heterocycles. The molecule has 0 spiro atoms. The first-order valence-electron chi connectivity index (χ1n) is 6.65. The molecule has 10 heteroatoms. The molecule has 0 aliphatic heterocycles. The van der Waals surface area contributed by atoms with Gasteiger partial charge in [-0.2, -0.15) is 0 Å². The van der Waals surface area contributed by atoms with Gasteiger partial charge in [0, 0.05) is 27.2 Å². The van der Waals surface area contributed by atoms with Crippen LogP contribution in [0.2, 0.25) is 0 Å². The predicted octanol–water partition coefficient (Wildman–Crippen LogP) is 0.646.